The summed E-state index contributed by atoms with van der Waals surface area (Å²) in [7, 11) is 0. The number of hydrogen-bond acceptors (Lipinski definition) is 4. The van der Waals surface area contributed by atoms with Crippen LogP contribution in [0, 0.1) is 13.8 Å². The van der Waals surface area contributed by atoms with Crippen LogP contribution in [0.1, 0.15) is 23.4 Å². The largest absolute Gasteiger partial charge is 0.393 e. The summed E-state index contributed by atoms with van der Waals surface area (Å²) < 4.78 is 0. The first-order valence-corrected chi connectivity index (χ1v) is 5.85. The average molecular weight is 212 g/mol. The number of aryl methyl sites for hydroxylation is 2. The van der Waals surface area contributed by atoms with Gasteiger partial charge in [-0.05, 0) is 26.7 Å². The van der Waals surface area contributed by atoms with Gasteiger partial charge in [-0.25, -0.2) is 4.98 Å². The Morgan fingerprint density at radius 3 is 2.50 bits per heavy atom. The van der Waals surface area contributed by atoms with Crippen molar-refractivity contribution in [3.63, 3.8) is 0 Å². The van der Waals surface area contributed by atoms with E-state index in [9.17, 15) is 5.11 Å². The van der Waals surface area contributed by atoms with E-state index < -0.39 is 0 Å². The Kier molecular flexibility index (Phi) is 2.74. The highest BCUT2D eigenvalue weighted by Crippen LogP contribution is 2.27. The molecule has 1 aromatic rings. The van der Waals surface area contributed by atoms with Crippen molar-refractivity contribution in [2.75, 3.05) is 18.0 Å². The third-order valence-electron chi connectivity index (χ3n) is 2.75. The third-order valence-corrected chi connectivity index (χ3v) is 3.89. The van der Waals surface area contributed by atoms with Gasteiger partial charge in [-0.15, -0.1) is 11.3 Å². The Morgan fingerprint density at radius 1 is 1.36 bits per heavy atom. The van der Waals surface area contributed by atoms with Gasteiger partial charge in [-0.2, -0.15) is 0 Å². The van der Waals surface area contributed by atoms with Crippen LogP contribution in [0.15, 0.2) is 0 Å². The lowest BCUT2D eigenvalue weighted by Crippen LogP contribution is -2.35. The molecule has 1 fully saturated rings. The quantitative estimate of drug-likeness (QED) is 0.770. The van der Waals surface area contributed by atoms with Gasteiger partial charge >= 0.3 is 0 Å². The zero-order valence-electron chi connectivity index (χ0n) is 8.66. The highest BCUT2D eigenvalue weighted by molar-refractivity contribution is 7.15. The van der Waals surface area contributed by atoms with Gasteiger partial charge in [-0.3, -0.25) is 0 Å². The molecule has 4 heteroatoms. The van der Waals surface area contributed by atoms with Crippen molar-refractivity contribution < 1.29 is 5.11 Å². The van der Waals surface area contributed by atoms with Gasteiger partial charge in [0.25, 0.3) is 0 Å². The second-order valence-corrected chi connectivity index (χ2v) is 5.04. The summed E-state index contributed by atoms with van der Waals surface area (Å²) in [6.07, 6.45) is 1.64. The molecular weight excluding hydrogens is 196 g/mol. The van der Waals surface area contributed by atoms with Gasteiger partial charge in [0, 0.05) is 18.0 Å². The molecule has 0 saturated carbocycles. The molecule has 14 heavy (non-hydrogen) atoms. The number of thiazole rings is 1. The van der Waals surface area contributed by atoms with Crippen molar-refractivity contribution >= 4 is 16.5 Å². The molecule has 0 bridgehead atoms. The maximum absolute atomic E-state index is 9.39. The van der Waals surface area contributed by atoms with Crippen LogP contribution in [0.3, 0.4) is 0 Å². The summed E-state index contributed by atoms with van der Waals surface area (Å²) in [6.45, 7) is 6.03. The standard InChI is InChI=1S/C10H16N2OS/c1-7-8(2)14-10(11-7)12-5-3-9(13)4-6-12/h9,13H,3-6H2,1-2H3. The molecule has 0 spiro atoms. The van der Waals surface area contributed by atoms with E-state index >= 15 is 0 Å². The number of piperidine rings is 1. The molecule has 1 aliphatic rings. The smallest absolute Gasteiger partial charge is 0.185 e. The number of aliphatic hydroxyl groups excluding tert-OH is 1. The fourth-order valence-corrected chi connectivity index (χ4v) is 2.61. The van der Waals surface area contributed by atoms with Crippen LogP contribution in [0.4, 0.5) is 5.13 Å². The van der Waals surface area contributed by atoms with Crippen molar-refractivity contribution in [2.24, 2.45) is 0 Å². The van der Waals surface area contributed by atoms with E-state index in [-0.39, 0.29) is 6.10 Å². The van der Waals surface area contributed by atoms with E-state index in [4.69, 9.17) is 0 Å². The lowest BCUT2D eigenvalue weighted by molar-refractivity contribution is 0.145. The molecule has 0 aromatic carbocycles. The fraction of sp³-hybridized carbons (Fsp3) is 0.700. The second kappa shape index (κ2) is 3.87. The van der Waals surface area contributed by atoms with E-state index in [1.165, 1.54) is 4.88 Å². The highest BCUT2D eigenvalue weighted by atomic mass is 32.1. The van der Waals surface area contributed by atoms with E-state index in [1.54, 1.807) is 11.3 Å². The van der Waals surface area contributed by atoms with Crippen molar-refractivity contribution in [3.05, 3.63) is 10.6 Å². The summed E-state index contributed by atoms with van der Waals surface area (Å²) in [5.74, 6) is 0. The molecule has 0 unspecified atom stereocenters. The maximum Gasteiger partial charge on any atom is 0.185 e. The molecule has 2 heterocycles. The highest BCUT2D eigenvalue weighted by Gasteiger charge is 2.19. The first-order chi connectivity index (χ1) is 6.66. The Balaban J connectivity index is 2.08. The van der Waals surface area contributed by atoms with Crippen LogP contribution in [0.5, 0.6) is 0 Å². The Labute approximate surface area is 88.4 Å². The predicted octanol–water partition coefficient (Wildman–Crippen LogP) is 1.72. The minimum absolute atomic E-state index is 0.103. The normalized spacial score (nSPS) is 18.9. The van der Waals surface area contributed by atoms with Gasteiger partial charge < -0.3 is 10.0 Å². The molecule has 1 aliphatic heterocycles. The van der Waals surface area contributed by atoms with Crippen LogP contribution in [-0.2, 0) is 0 Å². The molecule has 0 aliphatic carbocycles. The Hall–Kier alpha value is -0.610. The summed E-state index contributed by atoms with van der Waals surface area (Å²) in [5, 5.41) is 10.5. The third kappa shape index (κ3) is 1.91. The summed E-state index contributed by atoms with van der Waals surface area (Å²) in [6, 6.07) is 0. The Morgan fingerprint density at radius 2 is 2.00 bits per heavy atom. The molecular formula is C10H16N2OS. The summed E-state index contributed by atoms with van der Waals surface area (Å²) in [5.41, 5.74) is 1.14. The van der Waals surface area contributed by atoms with Crippen molar-refractivity contribution in [3.8, 4) is 0 Å². The molecule has 1 saturated heterocycles. The van der Waals surface area contributed by atoms with Crippen LogP contribution in [0.2, 0.25) is 0 Å². The average Bonchev–Trinajstić information content (AvgIpc) is 2.48. The predicted molar refractivity (Wildman–Crippen MR) is 59.0 cm³/mol. The first-order valence-electron chi connectivity index (χ1n) is 5.04. The van der Waals surface area contributed by atoms with E-state index in [0.717, 1.165) is 36.8 Å². The molecule has 1 aromatic heterocycles. The lowest BCUT2D eigenvalue weighted by atomic mass is 10.1. The molecule has 1 N–H and O–H groups in total. The Bertz CT molecular complexity index is 296. The molecule has 0 radical (unpaired) electrons. The van der Waals surface area contributed by atoms with Crippen LogP contribution in [-0.4, -0.2) is 29.3 Å². The van der Waals surface area contributed by atoms with Gasteiger partial charge in [0.2, 0.25) is 0 Å². The molecule has 0 amide bonds. The number of aromatic nitrogens is 1. The minimum Gasteiger partial charge on any atom is -0.393 e. The van der Waals surface area contributed by atoms with Crippen molar-refractivity contribution in [1.29, 1.82) is 0 Å². The second-order valence-electron chi connectivity index (χ2n) is 3.86. The molecule has 2 rings (SSSR count). The number of hydrogen-bond donors (Lipinski definition) is 1. The monoisotopic (exact) mass is 212 g/mol. The van der Waals surface area contributed by atoms with Crippen molar-refractivity contribution in [1.82, 2.24) is 4.98 Å². The maximum atomic E-state index is 9.39. The topological polar surface area (TPSA) is 36.4 Å². The SMILES string of the molecule is Cc1nc(N2CCC(O)CC2)sc1C. The fourth-order valence-electron chi connectivity index (χ4n) is 1.65. The number of aliphatic hydroxyl groups is 1. The minimum atomic E-state index is -0.103. The van der Waals surface area contributed by atoms with Crippen LogP contribution >= 0.6 is 11.3 Å². The number of anilines is 1. The van der Waals surface area contributed by atoms with Gasteiger partial charge in [-0.1, -0.05) is 0 Å². The van der Waals surface area contributed by atoms with E-state index in [1.807, 2.05) is 6.92 Å². The zero-order chi connectivity index (χ0) is 10.1. The van der Waals surface area contributed by atoms with Gasteiger partial charge in [0.15, 0.2) is 5.13 Å². The lowest BCUT2D eigenvalue weighted by Gasteiger charge is -2.29. The summed E-state index contributed by atoms with van der Waals surface area (Å²) in [4.78, 5) is 8.09. The van der Waals surface area contributed by atoms with Crippen LogP contribution < -0.4 is 4.90 Å². The summed E-state index contributed by atoms with van der Waals surface area (Å²) >= 11 is 1.76. The van der Waals surface area contributed by atoms with Crippen molar-refractivity contribution in [2.45, 2.75) is 32.8 Å². The zero-order valence-corrected chi connectivity index (χ0v) is 9.47. The number of rotatable bonds is 1. The molecule has 0 atom stereocenters. The number of nitrogens with zero attached hydrogens (tertiary/aromatic N) is 2. The van der Waals surface area contributed by atoms with E-state index in [0.29, 0.717) is 0 Å². The van der Waals surface area contributed by atoms with E-state index in [2.05, 4.69) is 16.8 Å². The molecule has 78 valence electrons. The van der Waals surface area contributed by atoms with Crippen LogP contribution in [0.25, 0.3) is 0 Å². The van der Waals surface area contributed by atoms with Gasteiger partial charge in [0.1, 0.15) is 0 Å². The molecule has 3 nitrogen and oxygen atoms in total. The van der Waals surface area contributed by atoms with Gasteiger partial charge in [0.05, 0.1) is 11.8 Å². The first kappa shape index (κ1) is 9.93.